The molecule has 2 aromatic rings. The number of fused-ring (bicyclic) bond motifs is 1. The van der Waals surface area contributed by atoms with Gasteiger partial charge in [0.25, 0.3) is 0 Å². The van der Waals surface area contributed by atoms with E-state index in [1.807, 2.05) is 18.2 Å². The molecule has 0 aliphatic carbocycles. The van der Waals surface area contributed by atoms with E-state index in [0.29, 0.717) is 15.6 Å². The summed E-state index contributed by atoms with van der Waals surface area (Å²) in [6.07, 6.45) is 1.13. The Morgan fingerprint density at radius 2 is 1.85 bits per heavy atom. The van der Waals surface area contributed by atoms with Crippen molar-refractivity contribution < 1.29 is 9.84 Å². The van der Waals surface area contributed by atoms with Crippen LogP contribution < -0.4 is 4.74 Å². The van der Waals surface area contributed by atoms with E-state index in [1.165, 1.54) is 0 Å². The summed E-state index contributed by atoms with van der Waals surface area (Å²) < 4.78 is 5.58. The monoisotopic (exact) mass is 308 g/mol. The lowest BCUT2D eigenvalue weighted by molar-refractivity contribution is 0.219. The van der Waals surface area contributed by atoms with Crippen LogP contribution in [0.1, 0.15) is 29.2 Å². The fourth-order valence-electron chi connectivity index (χ4n) is 2.49. The standard InChI is InChI=1S/C16H14Cl2O2/c17-12-4-1-5-13(18)15(12)16(19)11-6-7-14-10(9-11)3-2-8-20-14/h1,4-7,9,16,19H,2-3,8H2. The highest BCUT2D eigenvalue weighted by Gasteiger charge is 2.19. The predicted octanol–water partition coefficient (Wildman–Crippen LogP) is 4.40. The molecule has 0 saturated carbocycles. The number of rotatable bonds is 2. The normalized spacial score (nSPS) is 15.3. The minimum absolute atomic E-state index is 0.471. The third-order valence-electron chi connectivity index (χ3n) is 3.52. The van der Waals surface area contributed by atoms with Crippen molar-refractivity contribution in [2.45, 2.75) is 18.9 Å². The minimum Gasteiger partial charge on any atom is -0.493 e. The van der Waals surface area contributed by atoms with Gasteiger partial charge in [0.1, 0.15) is 11.9 Å². The van der Waals surface area contributed by atoms with Crippen LogP contribution in [0.2, 0.25) is 10.0 Å². The minimum atomic E-state index is -0.830. The molecule has 104 valence electrons. The third kappa shape index (κ3) is 2.51. The van der Waals surface area contributed by atoms with E-state index in [9.17, 15) is 5.11 Å². The SMILES string of the molecule is OC(c1ccc2c(c1)CCCO2)c1c(Cl)cccc1Cl. The van der Waals surface area contributed by atoms with Crippen molar-refractivity contribution in [3.05, 3.63) is 63.1 Å². The Bertz CT molecular complexity index is 620. The van der Waals surface area contributed by atoms with Crippen LogP contribution in [0.4, 0.5) is 0 Å². The Balaban J connectivity index is 2.00. The van der Waals surface area contributed by atoms with Gasteiger partial charge in [-0.05, 0) is 48.2 Å². The lowest BCUT2D eigenvalue weighted by Crippen LogP contribution is -2.10. The van der Waals surface area contributed by atoms with Crippen LogP contribution in [0.15, 0.2) is 36.4 Å². The molecule has 2 aromatic carbocycles. The van der Waals surface area contributed by atoms with E-state index in [2.05, 4.69) is 0 Å². The molecule has 0 bridgehead atoms. The summed E-state index contributed by atoms with van der Waals surface area (Å²) in [4.78, 5) is 0. The summed E-state index contributed by atoms with van der Waals surface area (Å²) in [6, 6.07) is 11.0. The van der Waals surface area contributed by atoms with Gasteiger partial charge in [-0.2, -0.15) is 0 Å². The first-order valence-corrected chi connectivity index (χ1v) is 7.30. The van der Waals surface area contributed by atoms with E-state index in [0.717, 1.165) is 36.3 Å². The summed E-state index contributed by atoms with van der Waals surface area (Å²) in [5.41, 5.74) is 2.45. The molecular weight excluding hydrogens is 295 g/mol. The summed E-state index contributed by atoms with van der Waals surface area (Å²) in [5, 5.41) is 11.5. The number of aliphatic hydroxyl groups excluding tert-OH is 1. The molecule has 1 aliphatic heterocycles. The Morgan fingerprint density at radius 3 is 2.60 bits per heavy atom. The van der Waals surface area contributed by atoms with E-state index >= 15 is 0 Å². The summed E-state index contributed by atoms with van der Waals surface area (Å²) in [7, 11) is 0. The second kappa shape index (κ2) is 5.65. The fourth-order valence-corrected chi connectivity index (χ4v) is 3.09. The van der Waals surface area contributed by atoms with Gasteiger partial charge in [-0.25, -0.2) is 0 Å². The van der Waals surface area contributed by atoms with Gasteiger partial charge in [-0.3, -0.25) is 0 Å². The molecule has 0 spiro atoms. The zero-order valence-corrected chi connectivity index (χ0v) is 12.3. The predicted molar refractivity (Wildman–Crippen MR) is 80.8 cm³/mol. The Kier molecular flexibility index (Phi) is 3.88. The maximum atomic E-state index is 10.5. The molecule has 20 heavy (non-hydrogen) atoms. The first-order chi connectivity index (χ1) is 9.66. The van der Waals surface area contributed by atoms with Crippen LogP contribution in [0.3, 0.4) is 0 Å². The average molecular weight is 309 g/mol. The van der Waals surface area contributed by atoms with E-state index in [1.54, 1.807) is 18.2 Å². The van der Waals surface area contributed by atoms with Crippen molar-refractivity contribution in [3.63, 3.8) is 0 Å². The van der Waals surface area contributed by atoms with Gasteiger partial charge in [0.15, 0.2) is 0 Å². The van der Waals surface area contributed by atoms with Crippen LogP contribution in [-0.4, -0.2) is 11.7 Å². The van der Waals surface area contributed by atoms with Crippen LogP contribution in [-0.2, 0) is 6.42 Å². The molecule has 4 heteroatoms. The van der Waals surface area contributed by atoms with Crippen LogP contribution in [0.25, 0.3) is 0 Å². The molecule has 1 aliphatic rings. The van der Waals surface area contributed by atoms with Gasteiger partial charge in [0.2, 0.25) is 0 Å². The first kappa shape index (κ1) is 13.7. The average Bonchev–Trinajstić information content (AvgIpc) is 2.46. The number of benzene rings is 2. The molecule has 3 rings (SSSR count). The molecule has 0 fully saturated rings. The largest absolute Gasteiger partial charge is 0.493 e. The van der Waals surface area contributed by atoms with Gasteiger partial charge in [-0.1, -0.05) is 35.3 Å². The van der Waals surface area contributed by atoms with Crippen LogP contribution in [0.5, 0.6) is 5.75 Å². The van der Waals surface area contributed by atoms with E-state index in [-0.39, 0.29) is 0 Å². The molecule has 0 saturated heterocycles. The molecule has 1 unspecified atom stereocenters. The molecule has 0 radical (unpaired) electrons. The van der Waals surface area contributed by atoms with Crippen molar-refractivity contribution in [2.24, 2.45) is 0 Å². The van der Waals surface area contributed by atoms with Crippen molar-refractivity contribution in [2.75, 3.05) is 6.61 Å². The highest BCUT2D eigenvalue weighted by molar-refractivity contribution is 6.36. The fraction of sp³-hybridized carbons (Fsp3) is 0.250. The number of ether oxygens (including phenoxy) is 1. The molecular formula is C16H14Cl2O2. The molecule has 1 heterocycles. The number of halogens is 2. The smallest absolute Gasteiger partial charge is 0.122 e. The second-order valence-electron chi connectivity index (χ2n) is 4.86. The van der Waals surface area contributed by atoms with E-state index < -0.39 is 6.10 Å². The molecule has 0 amide bonds. The molecule has 2 nitrogen and oxygen atoms in total. The van der Waals surface area contributed by atoms with E-state index in [4.69, 9.17) is 27.9 Å². The molecule has 0 aromatic heterocycles. The zero-order chi connectivity index (χ0) is 14.1. The van der Waals surface area contributed by atoms with Crippen molar-refractivity contribution in [3.8, 4) is 5.75 Å². The zero-order valence-electron chi connectivity index (χ0n) is 10.8. The van der Waals surface area contributed by atoms with Gasteiger partial charge in [0, 0.05) is 15.6 Å². The first-order valence-electron chi connectivity index (χ1n) is 6.54. The van der Waals surface area contributed by atoms with Crippen molar-refractivity contribution in [1.29, 1.82) is 0 Å². The summed E-state index contributed by atoms with van der Waals surface area (Å²) in [6.45, 7) is 0.755. The summed E-state index contributed by atoms with van der Waals surface area (Å²) >= 11 is 12.3. The highest BCUT2D eigenvalue weighted by atomic mass is 35.5. The van der Waals surface area contributed by atoms with Crippen LogP contribution >= 0.6 is 23.2 Å². The molecule has 1 atom stereocenters. The van der Waals surface area contributed by atoms with Gasteiger partial charge in [0.05, 0.1) is 6.61 Å². The molecule has 1 N–H and O–H groups in total. The summed E-state index contributed by atoms with van der Waals surface area (Å²) in [5.74, 6) is 0.900. The van der Waals surface area contributed by atoms with Crippen LogP contribution in [0, 0.1) is 0 Å². The number of hydrogen-bond acceptors (Lipinski definition) is 2. The maximum absolute atomic E-state index is 10.5. The number of aryl methyl sites for hydroxylation is 1. The Hall–Kier alpha value is -1.22. The Morgan fingerprint density at radius 1 is 1.10 bits per heavy atom. The van der Waals surface area contributed by atoms with Crippen molar-refractivity contribution >= 4 is 23.2 Å². The quantitative estimate of drug-likeness (QED) is 0.891. The Labute approximate surface area is 127 Å². The third-order valence-corrected chi connectivity index (χ3v) is 4.18. The van der Waals surface area contributed by atoms with Gasteiger partial charge in [-0.15, -0.1) is 0 Å². The van der Waals surface area contributed by atoms with Gasteiger partial charge < -0.3 is 9.84 Å². The number of aliphatic hydroxyl groups is 1. The maximum Gasteiger partial charge on any atom is 0.122 e. The van der Waals surface area contributed by atoms with Gasteiger partial charge >= 0.3 is 0 Å². The lowest BCUT2D eigenvalue weighted by Gasteiger charge is -2.20. The topological polar surface area (TPSA) is 29.5 Å². The second-order valence-corrected chi connectivity index (χ2v) is 5.67. The number of hydrogen-bond donors (Lipinski definition) is 1. The highest BCUT2D eigenvalue weighted by Crippen LogP contribution is 2.36. The van der Waals surface area contributed by atoms with Crippen molar-refractivity contribution in [1.82, 2.24) is 0 Å². The lowest BCUT2D eigenvalue weighted by atomic mass is 9.97.